The number of fused-ring (bicyclic) bond motifs is 27. The van der Waals surface area contributed by atoms with E-state index >= 15 is 0 Å². The Balaban J connectivity index is 0.000000112. The van der Waals surface area contributed by atoms with Gasteiger partial charge in [-0.1, -0.05) is 418 Å². The predicted molar refractivity (Wildman–Crippen MR) is 640 cm³/mol. The topological polar surface area (TPSA) is 77.3 Å². The van der Waals surface area contributed by atoms with Crippen molar-refractivity contribution in [1.29, 1.82) is 0 Å². The van der Waals surface area contributed by atoms with Crippen LogP contribution in [-0.4, -0.2) is 29.9 Å². The van der Waals surface area contributed by atoms with Crippen molar-refractivity contribution >= 4 is 192 Å². The van der Waals surface area contributed by atoms with E-state index in [1.807, 2.05) is 52.6 Å². The summed E-state index contributed by atoms with van der Waals surface area (Å²) in [6.07, 6.45) is 5.92. The van der Waals surface area contributed by atoms with Gasteiger partial charge in [0.2, 0.25) is 0 Å². The third-order valence-corrected chi connectivity index (χ3v) is 33.5. The first kappa shape index (κ1) is 90.1. The molecule has 29 rings (SSSR count). The SMILES string of the molecule is CC(C)(C)c1ccc2c(c1)c1cc(C(C)(C)C)ccc1c1nc(-c3cccc4c3sc3ccccc34)cnc21.c1ccc(-c2ccc(-c3ccc4sc5c(-c6cnc7c8ccccc8c8ccccc8c7n6)cc(-c6ccc(-c7ccccc7)cc6)cc5c4c3)cc2)cc1.c1ccc(-c2cccc(-c3ccc4sc5c(-c6cnc7c8ccccc8c8ccccc8c7n6)cc(-c6cccc(-c7ccccc7)c6)cc5c4c3)c2)cc1. The zero-order valence-electron chi connectivity index (χ0n) is 82.9. The number of hydrogen-bond acceptors (Lipinski definition) is 9. The Hall–Kier alpha value is -17.7. The van der Waals surface area contributed by atoms with E-state index in [0.29, 0.717) is 0 Å². The second kappa shape index (κ2) is 36.8. The van der Waals surface area contributed by atoms with Crippen LogP contribution in [0.4, 0.5) is 0 Å². The molecule has 149 heavy (non-hydrogen) atoms. The highest BCUT2D eigenvalue weighted by Crippen LogP contribution is 2.51. The fourth-order valence-electron chi connectivity index (χ4n) is 22.1. The van der Waals surface area contributed by atoms with Crippen molar-refractivity contribution in [2.75, 3.05) is 0 Å². The van der Waals surface area contributed by atoms with Crippen molar-refractivity contribution in [3.8, 4) is 123 Å². The van der Waals surface area contributed by atoms with Gasteiger partial charge < -0.3 is 0 Å². The van der Waals surface area contributed by atoms with Gasteiger partial charge in [0.25, 0.3) is 0 Å². The summed E-state index contributed by atoms with van der Waals surface area (Å²) in [5, 5.41) is 21.6. The molecule has 0 bridgehead atoms. The Bertz CT molecular complexity index is 10400. The Morgan fingerprint density at radius 3 is 0.819 bits per heavy atom. The maximum Gasteiger partial charge on any atom is 0.0979 e. The van der Waals surface area contributed by atoms with Crippen LogP contribution in [-0.2, 0) is 10.8 Å². The van der Waals surface area contributed by atoms with Crippen LogP contribution >= 0.6 is 34.0 Å². The van der Waals surface area contributed by atoms with Gasteiger partial charge in [-0.3, -0.25) is 15.0 Å². The predicted octanol–water partition coefficient (Wildman–Crippen LogP) is 39.8. The third kappa shape index (κ3) is 16.3. The zero-order chi connectivity index (χ0) is 99.7. The molecule has 0 aliphatic heterocycles. The Kier molecular flexibility index (Phi) is 22.3. The van der Waals surface area contributed by atoms with Crippen LogP contribution in [0, 0.1) is 0 Å². The molecule has 23 aromatic carbocycles. The summed E-state index contributed by atoms with van der Waals surface area (Å²) in [6, 6.07) is 164. The van der Waals surface area contributed by atoms with Crippen LogP contribution in [0.15, 0.2) is 474 Å². The number of rotatable bonds is 11. The van der Waals surface area contributed by atoms with Crippen LogP contribution in [0.2, 0.25) is 0 Å². The van der Waals surface area contributed by atoms with Crippen molar-refractivity contribution in [2.24, 2.45) is 0 Å². The normalized spacial score (nSPS) is 12.0. The number of nitrogens with zero attached hydrogens (tertiary/aromatic N) is 6. The maximum atomic E-state index is 5.49. The van der Waals surface area contributed by atoms with Gasteiger partial charge in [0.05, 0.1) is 68.8 Å². The molecule has 6 heterocycles. The van der Waals surface area contributed by atoms with Crippen LogP contribution in [0.25, 0.3) is 281 Å². The molecule has 0 aliphatic carbocycles. The average Bonchev–Trinajstić information content (AvgIpc) is 1.56. The number of thiophene rings is 3. The van der Waals surface area contributed by atoms with Gasteiger partial charge in [0.15, 0.2) is 0 Å². The molecule has 0 amide bonds. The molecular formula is C140H96N6S3. The first-order valence-corrected chi connectivity index (χ1v) is 53.4. The van der Waals surface area contributed by atoms with Gasteiger partial charge in [-0.05, 0) is 222 Å². The summed E-state index contributed by atoms with van der Waals surface area (Å²) in [6.45, 7) is 13.7. The standard InChI is InChI=1S/2C52H32N2S.C36H32N2S/c1-3-13-33(14-4-1)35-17-11-19-37(27-35)39-25-26-49-45(29-39)46-30-40(38-20-12-18-36(28-38)34-15-5-2-6-16-34)31-47(52(46)55-49)48-32-53-50-43-23-9-7-21-41(43)42-22-8-10-24-44(42)51(50)54-48;1-3-11-33(12-4-1)35-19-23-37(24-20-35)39-27-28-49-45(29-39)46-30-40(38-25-21-36(22-26-38)34-13-5-2-6-14-34)31-47(52(46)55-49)48-32-53-50-43-17-9-7-15-41(43)42-16-8-10-18-44(42)51(50)54-48;1-35(2,3)21-14-16-24-28(18-21)29-19-22(36(4,5)6)15-17-25(29)33-32(24)37-20-30(38-33)27-12-9-11-26-23-10-7-8-13-31(23)39-34(26)27/h2*1-32H;7-20H,1-6H3. The van der Waals surface area contributed by atoms with E-state index in [-0.39, 0.29) is 10.8 Å². The van der Waals surface area contributed by atoms with E-state index in [0.717, 1.165) is 110 Å². The van der Waals surface area contributed by atoms with Crippen molar-refractivity contribution in [2.45, 2.75) is 52.4 Å². The second-order valence-corrected chi connectivity index (χ2v) is 44.2. The molecule has 6 nitrogen and oxygen atoms in total. The van der Waals surface area contributed by atoms with E-state index in [1.54, 1.807) is 0 Å². The highest BCUT2D eigenvalue weighted by atomic mass is 32.1. The number of benzene rings is 23. The molecule has 0 saturated carbocycles. The molecule has 0 radical (unpaired) electrons. The molecule has 6 aromatic heterocycles. The van der Waals surface area contributed by atoms with E-state index in [1.165, 1.54) is 182 Å². The molecule has 0 unspecified atom stereocenters. The average molecular weight is 1960 g/mol. The minimum Gasteiger partial charge on any atom is -0.252 e. The van der Waals surface area contributed by atoms with Gasteiger partial charge in [-0.2, -0.15) is 0 Å². The molecular weight excluding hydrogens is 1860 g/mol. The lowest BCUT2D eigenvalue weighted by Gasteiger charge is -2.22. The van der Waals surface area contributed by atoms with Crippen LogP contribution in [0.3, 0.4) is 0 Å². The highest BCUT2D eigenvalue weighted by Gasteiger charge is 2.27. The quantitative estimate of drug-likeness (QED) is 0.120. The van der Waals surface area contributed by atoms with Crippen molar-refractivity contribution < 1.29 is 0 Å². The monoisotopic (exact) mass is 1960 g/mol. The van der Waals surface area contributed by atoms with Crippen molar-refractivity contribution in [3.05, 3.63) is 485 Å². The lowest BCUT2D eigenvalue weighted by Crippen LogP contribution is -2.11. The fourth-order valence-corrected chi connectivity index (χ4v) is 25.7. The van der Waals surface area contributed by atoms with Crippen LogP contribution < -0.4 is 0 Å². The summed E-state index contributed by atoms with van der Waals surface area (Å²) in [5.41, 5.74) is 33.6. The van der Waals surface area contributed by atoms with Gasteiger partial charge in [0.1, 0.15) is 0 Å². The smallest absolute Gasteiger partial charge is 0.0979 e. The molecule has 0 spiro atoms. The van der Waals surface area contributed by atoms with Gasteiger partial charge >= 0.3 is 0 Å². The molecule has 0 N–H and O–H groups in total. The molecule has 9 heteroatoms. The van der Waals surface area contributed by atoms with Crippen molar-refractivity contribution in [1.82, 2.24) is 29.9 Å². The van der Waals surface area contributed by atoms with Crippen LogP contribution in [0.5, 0.6) is 0 Å². The third-order valence-electron chi connectivity index (χ3n) is 29.8. The summed E-state index contributed by atoms with van der Waals surface area (Å²) >= 11 is 5.50. The van der Waals surface area contributed by atoms with E-state index < -0.39 is 0 Å². The van der Waals surface area contributed by atoms with Gasteiger partial charge in [-0.25, -0.2) is 15.0 Å². The first-order valence-electron chi connectivity index (χ1n) is 50.9. The summed E-state index contributed by atoms with van der Waals surface area (Å²) in [4.78, 5) is 31.8. The largest absolute Gasteiger partial charge is 0.252 e. The first-order chi connectivity index (χ1) is 73.1. The fraction of sp³-hybridized carbons (Fsp3) is 0.0571. The second-order valence-electron chi connectivity index (χ2n) is 41.0. The lowest BCUT2D eigenvalue weighted by molar-refractivity contribution is 0.590. The minimum absolute atomic E-state index is 0.0570. The summed E-state index contributed by atoms with van der Waals surface area (Å²) in [7, 11) is 0. The molecule has 29 aromatic rings. The summed E-state index contributed by atoms with van der Waals surface area (Å²) in [5.74, 6) is 0. The van der Waals surface area contributed by atoms with Gasteiger partial charge in [-0.15, -0.1) is 34.0 Å². The lowest BCUT2D eigenvalue weighted by atomic mass is 9.83. The Morgan fingerprint density at radius 1 is 0.154 bits per heavy atom. The Morgan fingerprint density at radius 2 is 0.409 bits per heavy atom. The molecule has 0 atom stereocenters. The maximum absolute atomic E-state index is 5.49. The minimum atomic E-state index is 0.0570. The van der Waals surface area contributed by atoms with Crippen molar-refractivity contribution in [3.63, 3.8) is 0 Å². The molecule has 704 valence electrons. The van der Waals surface area contributed by atoms with E-state index in [9.17, 15) is 0 Å². The molecule has 0 saturated heterocycles. The number of hydrogen-bond donors (Lipinski definition) is 0. The summed E-state index contributed by atoms with van der Waals surface area (Å²) < 4.78 is 7.50. The van der Waals surface area contributed by atoms with E-state index in [2.05, 4.69) is 497 Å². The van der Waals surface area contributed by atoms with E-state index in [4.69, 9.17) is 29.9 Å². The van der Waals surface area contributed by atoms with Gasteiger partial charge in [0, 0.05) is 110 Å². The highest BCUT2D eigenvalue weighted by molar-refractivity contribution is 7.27. The Labute approximate surface area is 875 Å². The molecule has 0 aliphatic rings. The molecule has 0 fully saturated rings. The number of aromatic nitrogens is 6. The van der Waals surface area contributed by atoms with Crippen LogP contribution in [0.1, 0.15) is 52.7 Å². The zero-order valence-corrected chi connectivity index (χ0v) is 85.4.